The van der Waals surface area contributed by atoms with Crippen molar-refractivity contribution in [3.8, 4) is 119 Å². The third kappa shape index (κ3) is 14.0. The van der Waals surface area contributed by atoms with E-state index in [1.165, 1.54) is 120 Å². The zero-order valence-electron chi connectivity index (χ0n) is 71.0. The zero-order chi connectivity index (χ0) is 86.7. The molecule has 0 spiro atoms. The Labute approximate surface area is 755 Å². The highest BCUT2D eigenvalue weighted by atomic mass is 15.0. The molecule has 0 unspecified atom stereocenters. The maximum Gasteiger partial charge on any atom is 0.164 e. The van der Waals surface area contributed by atoms with Gasteiger partial charge in [0.1, 0.15) is 0 Å². The topological polar surface area (TPSA) is 105 Å². The average molecular weight is 1670 g/mol. The first-order valence-electron chi connectivity index (χ1n) is 44.2. The minimum absolute atomic E-state index is 0.650. The van der Waals surface area contributed by atoms with Gasteiger partial charge in [0.25, 0.3) is 0 Å². The molecule has 10 nitrogen and oxygen atoms in total. The Balaban J connectivity index is 0.000000109. The molecule has 0 N–H and O–H groups in total. The predicted molar refractivity (Wildman–Crippen MR) is 543 cm³/mol. The van der Waals surface area contributed by atoms with Crippen molar-refractivity contribution < 1.29 is 0 Å². The first-order chi connectivity index (χ1) is 65.0. The lowest BCUT2D eigenvalue weighted by molar-refractivity contribution is 1.07. The second-order valence-corrected chi connectivity index (χ2v) is 33.0. The summed E-state index contributed by atoms with van der Waals surface area (Å²) >= 11 is 0. The summed E-state index contributed by atoms with van der Waals surface area (Å²) in [6.07, 6.45) is 0. The Morgan fingerprint density at radius 1 is 0.153 bits per heavy atom. The molecule has 0 aliphatic rings. The lowest BCUT2D eigenvalue weighted by Crippen LogP contribution is -2.00. The third-order valence-electron chi connectivity index (χ3n) is 25.2. The molecule has 6 heterocycles. The molecule has 26 aromatic rings. The molecular formula is C121H78N10. The Hall–Kier alpha value is -17.7. The van der Waals surface area contributed by atoms with Crippen LogP contribution in [0.4, 0.5) is 0 Å². The van der Waals surface area contributed by atoms with Crippen molar-refractivity contribution in [2.75, 3.05) is 0 Å². The zero-order valence-corrected chi connectivity index (χ0v) is 71.0. The number of fused-ring (bicyclic) bond motifs is 19. The van der Waals surface area contributed by atoms with Crippen molar-refractivity contribution in [1.82, 2.24) is 48.6 Å². The van der Waals surface area contributed by atoms with Crippen LogP contribution >= 0.6 is 0 Å². The van der Waals surface area contributed by atoms with Crippen LogP contribution in [-0.2, 0) is 0 Å². The standard InChI is InChI=1S/2C42H27N3.C37H24N4/c1-3-13-28(14-4-1)37-27-38(29-15-5-2-6-16-29)44-42(43-37)30-23-25-31(26-24-30)45-39-22-12-11-21-36(39)40-34-19-9-7-17-32(34)33-18-8-10-20-35(33)41(40)45;1-2-10-28(11-3-1)29-18-20-31(21-19-29)41-35-14-6-8-16-37(35)43-42(44-41)32-22-25-33(26-23-32)45-38-17-9-7-15-36(38)40-34-13-5-4-12-30(34)24-27-39(40)45;1-3-12-26(13-4-1)35-38-36(27-14-5-2-6-15-27)40-37(39-35)28-19-22-29(23-20-28)41-33-18-10-9-17-31(33)32-24-21-25-11-7-8-16-30(25)34(32)41/h2*1-27H;1-24H. The lowest BCUT2D eigenvalue weighted by Gasteiger charge is -2.13. The number of para-hydroxylation sites is 4. The van der Waals surface area contributed by atoms with Crippen molar-refractivity contribution >= 4 is 119 Å². The maximum absolute atomic E-state index is 5.15. The highest BCUT2D eigenvalue weighted by Crippen LogP contribution is 2.45. The molecular weight excluding hydrogens is 1590 g/mol. The molecule has 0 radical (unpaired) electrons. The van der Waals surface area contributed by atoms with Gasteiger partial charge in [-0.15, -0.1) is 0 Å². The molecule has 26 rings (SSSR count). The van der Waals surface area contributed by atoms with Crippen molar-refractivity contribution in [3.05, 3.63) is 473 Å². The highest BCUT2D eigenvalue weighted by Gasteiger charge is 2.24. The van der Waals surface area contributed by atoms with E-state index in [0.717, 1.165) is 95.4 Å². The molecule has 10 heteroatoms. The van der Waals surface area contributed by atoms with Crippen LogP contribution in [0.2, 0.25) is 0 Å². The first kappa shape index (κ1) is 76.9. The van der Waals surface area contributed by atoms with E-state index in [0.29, 0.717) is 23.3 Å². The van der Waals surface area contributed by atoms with E-state index in [-0.39, 0.29) is 0 Å². The van der Waals surface area contributed by atoms with Gasteiger partial charge in [-0.05, 0) is 153 Å². The summed E-state index contributed by atoms with van der Waals surface area (Å²) in [4.78, 5) is 34.9. The van der Waals surface area contributed by atoms with E-state index in [4.69, 9.17) is 34.9 Å². The summed E-state index contributed by atoms with van der Waals surface area (Å²) < 4.78 is 7.15. The maximum atomic E-state index is 5.15. The van der Waals surface area contributed by atoms with Crippen molar-refractivity contribution in [1.29, 1.82) is 0 Å². The second-order valence-electron chi connectivity index (χ2n) is 33.0. The third-order valence-corrected chi connectivity index (χ3v) is 25.2. The first-order valence-corrected chi connectivity index (χ1v) is 44.2. The quantitative estimate of drug-likeness (QED) is 0.112. The largest absolute Gasteiger partial charge is 0.309 e. The van der Waals surface area contributed by atoms with E-state index in [9.17, 15) is 0 Å². The molecule has 0 bridgehead atoms. The van der Waals surface area contributed by atoms with E-state index in [2.05, 4.69) is 378 Å². The summed E-state index contributed by atoms with van der Waals surface area (Å²) in [5.41, 5.74) is 24.6. The van der Waals surface area contributed by atoms with Crippen LogP contribution in [-0.4, -0.2) is 48.6 Å². The molecule has 131 heavy (non-hydrogen) atoms. The molecule has 6 aromatic heterocycles. The van der Waals surface area contributed by atoms with E-state index < -0.39 is 0 Å². The van der Waals surface area contributed by atoms with Crippen LogP contribution in [0.1, 0.15) is 0 Å². The van der Waals surface area contributed by atoms with Crippen LogP contribution < -0.4 is 0 Å². The summed E-state index contributed by atoms with van der Waals surface area (Å²) in [7, 11) is 0. The van der Waals surface area contributed by atoms with Crippen LogP contribution in [0, 0.1) is 0 Å². The fraction of sp³-hybridized carbons (Fsp3) is 0. The number of nitrogens with zero attached hydrogens (tertiary/aromatic N) is 10. The van der Waals surface area contributed by atoms with Crippen LogP contribution in [0.25, 0.3) is 238 Å². The number of rotatable bonds is 12. The SMILES string of the molecule is c1ccc(-c2cc(-c3ccccc3)nc(-c3ccc(-n4c5ccccc5c5c6ccccc6c6ccccc6c54)cc3)n2)cc1.c1ccc(-c2ccc(-c3nc(-c4ccc(-n5c6ccccc6c6c7ccccc7ccc65)cc4)nc4ccccc34)cc2)cc1.c1ccc(-c2nc(-c3ccccc3)nc(-c3ccc(-n4c5ccccc5c5ccc6ccccc6c54)cc3)n2)cc1. The minimum Gasteiger partial charge on any atom is -0.309 e. The van der Waals surface area contributed by atoms with Crippen LogP contribution in [0.5, 0.6) is 0 Å². The Morgan fingerprint density at radius 3 is 1.02 bits per heavy atom. The smallest absolute Gasteiger partial charge is 0.164 e. The lowest BCUT2D eigenvalue weighted by atomic mass is 9.97. The summed E-state index contributed by atoms with van der Waals surface area (Å²) in [5.74, 6) is 3.40. The molecule has 0 amide bonds. The highest BCUT2D eigenvalue weighted by molar-refractivity contribution is 6.32. The monoisotopic (exact) mass is 1670 g/mol. The molecule has 0 fully saturated rings. The number of hydrogen-bond acceptors (Lipinski definition) is 7. The fourth-order valence-electron chi connectivity index (χ4n) is 19.1. The van der Waals surface area contributed by atoms with Crippen LogP contribution in [0.3, 0.4) is 0 Å². The Kier molecular flexibility index (Phi) is 19.4. The van der Waals surface area contributed by atoms with Crippen molar-refractivity contribution in [2.45, 2.75) is 0 Å². The van der Waals surface area contributed by atoms with Gasteiger partial charge in [-0.3, -0.25) is 0 Å². The fourth-order valence-corrected chi connectivity index (χ4v) is 19.1. The molecule has 0 aliphatic heterocycles. The normalized spacial score (nSPS) is 11.5. The van der Waals surface area contributed by atoms with E-state index in [1.54, 1.807) is 0 Å². The molecule has 0 saturated heterocycles. The van der Waals surface area contributed by atoms with Gasteiger partial charge in [0, 0.05) is 110 Å². The number of benzene rings is 20. The van der Waals surface area contributed by atoms with Gasteiger partial charge in [0.2, 0.25) is 0 Å². The minimum atomic E-state index is 0.650. The molecule has 20 aromatic carbocycles. The van der Waals surface area contributed by atoms with E-state index >= 15 is 0 Å². The van der Waals surface area contributed by atoms with Crippen molar-refractivity contribution in [2.24, 2.45) is 0 Å². The van der Waals surface area contributed by atoms with Gasteiger partial charge in [-0.2, -0.15) is 0 Å². The van der Waals surface area contributed by atoms with E-state index in [1.807, 2.05) is 109 Å². The Morgan fingerprint density at radius 2 is 0.481 bits per heavy atom. The number of aromatic nitrogens is 10. The average Bonchev–Trinajstić information content (AvgIpc) is 1.56. The molecule has 0 saturated carbocycles. The summed E-state index contributed by atoms with van der Waals surface area (Å²) in [6, 6.07) is 166. The van der Waals surface area contributed by atoms with Crippen LogP contribution in [0.15, 0.2) is 473 Å². The Bertz CT molecular complexity index is 8730. The second kappa shape index (κ2) is 33.0. The number of hydrogen-bond donors (Lipinski definition) is 0. The van der Waals surface area contributed by atoms with Crippen molar-refractivity contribution in [3.63, 3.8) is 0 Å². The predicted octanol–water partition coefficient (Wildman–Crippen LogP) is 30.9. The molecule has 612 valence electrons. The molecule has 0 atom stereocenters. The van der Waals surface area contributed by atoms with Gasteiger partial charge in [-0.1, -0.05) is 364 Å². The van der Waals surface area contributed by atoms with Gasteiger partial charge >= 0.3 is 0 Å². The van der Waals surface area contributed by atoms with Gasteiger partial charge in [0.15, 0.2) is 29.1 Å². The van der Waals surface area contributed by atoms with Gasteiger partial charge in [-0.25, -0.2) is 34.9 Å². The summed E-state index contributed by atoms with van der Waals surface area (Å²) in [6.45, 7) is 0. The van der Waals surface area contributed by atoms with Gasteiger partial charge < -0.3 is 13.7 Å². The van der Waals surface area contributed by atoms with Gasteiger partial charge in [0.05, 0.1) is 55.7 Å². The summed E-state index contributed by atoms with van der Waals surface area (Å²) in [5, 5.41) is 18.7. The molecule has 0 aliphatic carbocycles.